The molecule has 1 unspecified atom stereocenters. The van der Waals surface area contributed by atoms with Gasteiger partial charge >= 0.3 is 6.09 Å². The van der Waals surface area contributed by atoms with E-state index in [4.69, 9.17) is 0 Å². The molecule has 12 heteroatoms. The Morgan fingerprint density at radius 3 is 2.45 bits per heavy atom. The zero-order valence-electron chi connectivity index (χ0n) is 17.8. The van der Waals surface area contributed by atoms with E-state index in [0.29, 0.717) is 12.4 Å². The largest absolute Gasteiger partial charge is 0.453 e. The number of aliphatic imine (C=N–C) groups is 1. The fourth-order valence-electron chi connectivity index (χ4n) is 2.99. The third-order valence-electron chi connectivity index (χ3n) is 4.64. The fourth-order valence-corrected chi connectivity index (χ4v) is 3.72. The second-order valence-electron chi connectivity index (χ2n) is 7.51. The number of ether oxygens (including phenoxy) is 1. The van der Waals surface area contributed by atoms with E-state index in [2.05, 4.69) is 46.3 Å². The molecule has 2 amide bonds. The predicted molar refractivity (Wildman–Crippen MR) is 121 cm³/mol. The van der Waals surface area contributed by atoms with E-state index in [0.717, 1.165) is 16.3 Å². The van der Waals surface area contributed by atoms with Crippen LogP contribution in [0.1, 0.15) is 25.5 Å². The molecule has 3 atom stereocenters. The molecule has 31 heavy (non-hydrogen) atoms. The van der Waals surface area contributed by atoms with Gasteiger partial charge in [0.05, 0.1) is 32.0 Å². The lowest BCUT2D eigenvalue weighted by molar-refractivity contribution is -0.124. The lowest BCUT2D eigenvalue weighted by Gasteiger charge is -2.26. The molecule has 0 saturated carbocycles. The Bertz CT molecular complexity index is 920. The first-order valence-electron chi connectivity index (χ1n) is 9.66. The molecule has 1 aliphatic heterocycles. The van der Waals surface area contributed by atoms with Gasteiger partial charge in [-0.05, 0) is 23.6 Å². The molecular weight excluding hydrogens is 490 g/mol. The molecule has 0 spiro atoms. The van der Waals surface area contributed by atoms with E-state index in [-0.39, 0.29) is 18.5 Å². The number of nitrogens with zero attached hydrogens (tertiary/aromatic N) is 1. The van der Waals surface area contributed by atoms with E-state index in [1.54, 1.807) is 13.8 Å². The summed E-state index contributed by atoms with van der Waals surface area (Å²) < 4.78 is 31.2. The van der Waals surface area contributed by atoms with Crippen LogP contribution >= 0.6 is 15.9 Å². The van der Waals surface area contributed by atoms with Crippen molar-refractivity contribution in [3.8, 4) is 0 Å². The second kappa shape index (κ2) is 10.9. The number of carbonyl (C=O) groups is 2. The van der Waals surface area contributed by atoms with Gasteiger partial charge < -0.3 is 20.7 Å². The third kappa shape index (κ3) is 7.78. The number of amides is 2. The number of hydrogen-bond donors (Lipinski definition) is 4. The Labute approximate surface area is 190 Å². The van der Waals surface area contributed by atoms with Crippen molar-refractivity contribution in [3.63, 3.8) is 0 Å². The second-order valence-corrected chi connectivity index (χ2v) is 10.3. The lowest BCUT2D eigenvalue weighted by atomic mass is 10.0. The normalized spacial score (nSPS) is 18.0. The van der Waals surface area contributed by atoms with E-state index in [1.165, 1.54) is 7.11 Å². The zero-order valence-corrected chi connectivity index (χ0v) is 20.2. The topological polar surface area (TPSA) is 138 Å². The van der Waals surface area contributed by atoms with Crippen LogP contribution in [0.25, 0.3) is 0 Å². The Morgan fingerprint density at radius 2 is 1.90 bits per heavy atom. The maximum Gasteiger partial charge on any atom is 0.407 e. The van der Waals surface area contributed by atoms with E-state index >= 15 is 0 Å². The van der Waals surface area contributed by atoms with Crippen molar-refractivity contribution >= 4 is 43.8 Å². The summed E-state index contributed by atoms with van der Waals surface area (Å²) in [5.41, 5.74) is 1.01. The zero-order chi connectivity index (χ0) is 23.2. The molecule has 1 aliphatic rings. The van der Waals surface area contributed by atoms with Crippen LogP contribution in [0.5, 0.6) is 0 Å². The van der Waals surface area contributed by atoms with E-state index in [9.17, 15) is 18.0 Å². The maximum atomic E-state index is 12.9. The highest BCUT2D eigenvalue weighted by Gasteiger charge is 2.31. The van der Waals surface area contributed by atoms with Gasteiger partial charge in [-0.15, -0.1) is 0 Å². The molecule has 172 valence electrons. The smallest absolute Gasteiger partial charge is 0.407 e. The lowest BCUT2D eigenvalue weighted by Crippen LogP contribution is -2.57. The summed E-state index contributed by atoms with van der Waals surface area (Å²) in [5, 5.41) is 8.55. The highest BCUT2D eigenvalue weighted by atomic mass is 79.9. The van der Waals surface area contributed by atoms with Crippen molar-refractivity contribution in [2.24, 2.45) is 10.9 Å². The van der Waals surface area contributed by atoms with Crippen LogP contribution in [0, 0.1) is 5.92 Å². The average Bonchev–Trinajstić information content (AvgIpc) is 3.18. The number of rotatable bonds is 9. The van der Waals surface area contributed by atoms with Crippen LogP contribution in [0.4, 0.5) is 4.79 Å². The average molecular weight is 518 g/mol. The number of alkyl carbamates (subject to hydrolysis) is 1. The molecule has 0 radical (unpaired) electrons. The van der Waals surface area contributed by atoms with Crippen LogP contribution in [0.3, 0.4) is 0 Å². The van der Waals surface area contributed by atoms with Gasteiger partial charge in [-0.3, -0.25) is 9.79 Å². The van der Waals surface area contributed by atoms with Crippen molar-refractivity contribution < 1.29 is 22.7 Å². The van der Waals surface area contributed by atoms with Gasteiger partial charge in [-0.1, -0.05) is 41.9 Å². The molecular formula is C19H28BrN5O5S. The van der Waals surface area contributed by atoms with Gasteiger partial charge in [0.2, 0.25) is 15.9 Å². The molecule has 1 heterocycles. The fraction of sp³-hybridized carbons (Fsp3) is 0.526. The number of sulfonamides is 1. The van der Waals surface area contributed by atoms with Crippen molar-refractivity contribution in [2.45, 2.75) is 32.0 Å². The van der Waals surface area contributed by atoms with Gasteiger partial charge in [-0.25, -0.2) is 17.9 Å². The molecule has 1 aromatic rings. The number of amidine groups is 1. The highest BCUT2D eigenvalue weighted by molar-refractivity contribution is 9.10. The number of benzene rings is 1. The first-order valence-corrected chi connectivity index (χ1v) is 12.3. The Kier molecular flexibility index (Phi) is 8.83. The van der Waals surface area contributed by atoms with Crippen molar-refractivity contribution in [2.75, 3.05) is 26.5 Å². The molecule has 0 saturated heterocycles. The molecule has 0 fully saturated rings. The minimum Gasteiger partial charge on any atom is -0.453 e. The minimum absolute atomic E-state index is 0.0908. The summed E-state index contributed by atoms with van der Waals surface area (Å²) in [6.07, 6.45) is 0.308. The van der Waals surface area contributed by atoms with Crippen LogP contribution in [0.15, 0.2) is 33.7 Å². The number of hydrogen-bond acceptors (Lipinski definition) is 7. The molecule has 1 aromatic carbocycles. The van der Waals surface area contributed by atoms with Gasteiger partial charge in [-0.2, -0.15) is 0 Å². The number of carbonyl (C=O) groups excluding carboxylic acids is 2. The Morgan fingerprint density at radius 1 is 1.26 bits per heavy atom. The summed E-state index contributed by atoms with van der Waals surface area (Å²) in [4.78, 5) is 29.0. The molecule has 10 nitrogen and oxygen atoms in total. The van der Waals surface area contributed by atoms with Crippen molar-refractivity contribution in [1.29, 1.82) is 0 Å². The van der Waals surface area contributed by atoms with Crippen molar-refractivity contribution in [3.05, 3.63) is 34.3 Å². The summed E-state index contributed by atoms with van der Waals surface area (Å²) in [6.45, 7) is 3.90. The maximum absolute atomic E-state index is 12.9. The number of methoxy groups -OCH3 is 1. The third-order valence-corrected chi connectivity index (χ3v) is 5.86. The summed E-state index contributed by atoms with van der Waals surface area (Å²) in [7, 11) is -2.28. The van der Waals surface area contributed by atoms with Crippen LogP contribution in [-0.2, 0) is 19.6 Å². The number of halogens is 1. The van der Waals surface area contributed by atoms with E-state index < -0.39 is 34.1 Å². The molecule has 0 aliphatic carbocycles. The van der Waals surface area contributed by atoms with Gasteiger partial charge in [0, 0.05) is 11.0 Å². The van der Waals surface area contributed by atoms with Gasteiger partial charge in [0.1, 0.15) is 11.9 Å². The monoisotopic (exact) mass is 517 g/mol. The minimum atomic E-state index is -3.49. The van der Waals surface area contributed by atoms with E-state index in [1.807, 2.05) is 24.3 Å². The van der Waals surface area contributed by atoms with Crippen LogP contribution < -0.4 is 20.7 Å². The SMILES string of the molecule is COC(=O)N[C@H](C(=O)N[C@@H](CNS(C)(=O)=O)C1=NCC(c2ccc(Br)cc2)N1)C(C)C. The standard InChI is InChI=1S/C19H28BrN5O5S/c1-11(2)16(25-19(27)30-3)18(26)24-15(10-22-31(4,28)29)17-21-9-14(23-17)12-5-7-13(20)8-6-12/h5-8,11,14-16,22H,9-10H2,1-4H3,(H,21,23)(H,24,26)(H,25,27)/t14?,15-,16-/m0/s1. The summed E-state index contributed by atoms with van der Waals surface area (Å²) in [5.74, 6) is -0.244. The molecule has 2 rings (SSSR count). The number of nitrogens with one attached hydrogen (secondary N) is 4. The predicted octanol–water partition coefficient (Wildman–Crippen LogP) is 0.907. The quantitative estimate of drug-likeness (QED) is 0.384. The Balaban J connectivity index is 2.15. The molecule has 0 bridgehead atoms. The van der Waals surface area contributed by atoms with Crippen LogP contribution in [0.2, 0.25) is 0 Å². The highest BCUT2D eigenvalue weighted by Crippen LogP contribution is 2.20. The van der Waals surface area contributed by atoms with Gasteiger partial charge in [0.15, 0.2) is 0 Å². The first-order chi connectivity index (χ1) is 14.5. The first kappa shape index (κ1) is 25.1. The van der Waals surface area contributed by atoms with Crippen molar-refractivity contribution in [1.82, 2.24) is 20.7 Å². The van der Waals surface area contributed by atoms with Gasteiger partial charge in [0.25, 0.3) is 0 Å². The Hall–Kier alpha value is -2.18. The molecule has 4 N–H and O–H groups in total. The summed E-state index contributed by atoms with van der Waals surface area (Å²) >= 11 is 3.40. The molecule has 0 aromatic heterocycles. The van der Waals surface area contributed by atoms with Crippen LogP contribution in [-0.4, -0.2) is 64.8 Å². The summed E-state index contributed by atoms with van der Waals surface area (Å²) in [6, 6.07) is 6.04.